The number of rotatable bonds is 5. The number of anilines is 1. The van der Waals surface area contributed by atoms with Crippen LogP contribution < -0.4 is 5.32 Å². The molecule has 0 fully saturated rings. The molecule has 0 aliphatic carbocycles. The lowest BCUT2D eigenvalue weighted by atomic mass is 9.93. The smallest absolute Gasteiger partial charge is 0.134 e. The summed E-state index contributed by atoms with van der Waals surface area (Å²) in [4.78, 5) is 10.5. The van der Waals surface area contributed by atoms with Crippen LogP contribution in [0.4, 0.5) is 5.82 Å². The van der Waals surface area contributed by atoms with Gasteiger partial charge in [0.05, 0.1) is 0 Å². The Morgan fingerprint density at radius 2 is 2.00 bits per heavy atom. The molecule has 0 amide bonds. The van der Waals surface area contributed by atoms with Gasteiger partial charge in [-0.25, -0.2) is 9.97 Å². The standard InChI is InChI=1S/C12H21ClN4/c1-9-15-10(13)6-11(16-9)14-7-12(2,3)8-17(4)5/h6H,7-8H2,1-5H3,(H,14,15,16). The third-order valence-electron chi connectivity index (χ3n) is 2.30. The highest BCUT2D eigenvalue weighted by molar-refractivity contribution is 6.29. The molecule has 1 aromatic rings. The van der Waals surface area contributed by atoms with Crippen molar-refractivity contribution in [2.75, 3.05) is 32.5 Å². The Hall–Kier alpha value is -0.870. The molecule has 1 aromatic heterocycles. The third kappa shape index (κ3) is 5.33. The fourth-order valence-electron chi connectivity index (χ4n) is 1.86. The van der Waals surface area contributed by atoms with Gasteiger partial charge in [-0.3, -0.25) is 0 Å². The first-order chi connectivity index (χ1) is 7.78. The molecule has 0 atom stereocenters. The van der Waals surface area contributed by atoms with Crippen molar-refractivity contribution in [3.63, 3.8) is 0 Å². The number of hydrogen-bond donors (Lipinski definition) is 1. The molecule has 1 rings (SSSR count). The highest BCUT2D eigenvalue weighted by Crippen LogP contribution is 2.18. The molecule has 0 aromatic carbocycles. The zero-order valence-corrected chi connectivity index (χ0v) is 12.0. The summed E-state index contributed by atoms with van der Waals surface area (Å²) in [5, 5.41) is 3.79. The van der Waals surface area contributed by atoms with Crippen molar-refractivity contribution in [1.29, 1.82) is 0 Å². The molecule has 0 spiro atoms. The minimum Gasteiger partial charge on any atom is -0.369 e. The second-order valence-corrected chi connectivity index (χ2v) is 5.77. The van der Waals surface area contributed by atoms with Crippen LogP contribution in [0.15, 0.2) is 6.07 Å². The van der Waals surface area contributed by atoms with Gasteiger partial charge in [0.25, 0.3) is 0 Å². The Morgan fingerprint density at radius 3 is 2.53 bits per heavy atom. The van der Waals surface area contributed by atoms with Crippen LogP contribution in [0.25, 0.3) is 0 Å². The lowest BCUT2D eigenvalue weighted by Crippen LogP contribution is -2.34. The van der Waals surface area contributed by atoms with Gasteiger partial charge in [-0.2, -0.15) is 0 Å². The van der Waals surface area contributed by atoms with Gasteiger partial charge >= 0.3 is 0 Å². The van der Waals surface area contributed by atoms with Crippen LogP contribution in [0, 0.1) is 12.3 Å². The van der Waals surface area contributed by atoms with Crippen LogP contribution in [0.5, 0.6) is 0 Å². The van der Waals surface area contributed by atoms with E-state index in [9.17, 15) is 0 Å². The fourth-order valence-corrected chi connectivity index (χ4v) is 2.09. The van der Waals surface area contributed by atoms with Crippen molar-refractivity contribution < 1.29 is 0 Å². The number of nitrogens with zero attached hydrogens (tertiary/aromatic N) is 3. The molecule has 4 nitrogen and oxygen atoms in total. The topological polar surface area (TPSA) is 41.1 Å². The molecule has 0 aliphatic heterocycles. The summed E-state index contributed by atoms with van der Waals surface area (Å²) in [6, 6.07) is 1.75. The largest absolute Gasteiger partial charge is 0.369 e. The second-order valence-electron chi connectivity index (χ2n) is 5.38. The second kappa shape index (κ2) is 5.65. The Kier molecular flexibility index (Phi) is 4.71. The molecule has 0 bridgehead atoms. The molecule has 0 saturated heterocycles. The van der Waals surface area contributed by atoms with E-state index in [1.54, 1.807) is 6.07 Å². The van der Waals surface area contributed by atoms with Crippen molar-refractivity contribution in [2.45, 2.75) is 20.8 Å². The normalized spacial score (nSPS) is 11.9. The van der Waals surface area contributed by atoms with E-state index in [2.05, 4.69) is 48.1 Å². The monoisotopic (exact) mass is 256 g/mol. The van der Waals surface area contributed by atoms with Gasteiger partial charge in [0.2, 0.25) is 0 Å². The van der Waals surface area contributed by atoms with Gasteiger partial charge in [0.1, 0.15) is 16.8 Å². The highest BCUT2D eigenvalue weighted by Gasteiger charge is 2.18. The number of aryl methyl sites for hydroxylation is 1. The number of aromatic nitrogens is 2. The predicted octanol–water partition coefficient (Wildman–Crippen LogP) is 2.44. The summed E-state index contributed by atoms with van der Waals surface area (Å²) in [7, 11) is 4.15. The average Bonchev–Trinajstić information content (AvgIpc) is 2.11. The van der Waals surface area contributed by atoms with Crippen LogP contribution in [-0.4, -0.2) is 42.1 Å². The van der Waals surface area contributed by atoms with Crippen LogP contribution >= 0.6 is 11.6 Å². The maximum Gasteiger partial charge on any atom is 0.134 e. The van der Waals surface area contributed by atoms with E-state index in [0.717, 1.165) is 18.9 Å². The van der Waals surface area contributed by atoms with Crippen LogP contribution in [0.2, 0.25) is 5.15 Å². The first-order valence-corrected chi connectivity index (χ1v) is 6.06. The maximum atomic E-state index is 5.89. The van der Waals surface area contributed by atoms with Gasteiger partial charge < -0.3 is 10.2 Å². The number of halogens is 1. The first kappa shape index (κ1) is 14.2. The van der Waals surface area contributed by atoms with Crippen molar-refractivity contribution in [2.24, 2.45) is 5.41 Å². The summed E-state index contributed by atoms with van der Waals surface area (Å²) >= 11 is 5.89. The highest BCUT2D eigenvalue weighted by atomic mass is 35.5. The van der Waals surface area contributed by atoms with Gasteiger partial charge in [-0.15, -0.1) is 0 Å². The van der Waals surface area contributed by atoms with Gasteiger partial charge in [-0.1, -0.05) is 25.4 Å². The van der Waals surface area contributed by atoms with E-state index < -0.39 is 0 Å². The van der Waals surface area contributed by atoms with Crippen molar-refractivity contribution in [3.05, 3.63) is 17.0 Å². The van der Waals surface area contributed by atoms with Crippen molar-refractivity contribution in [1.82, 2.24) is 14.9 Å². The zero-order chi connectivity index (χ0) is 13.1. The van der Waals surface area contributed by atoms with E-state index >= 15 is 0 Å². The molecule has 5 heteroatoms. The van der Waals surface area contributed by atoms with Crippen LogP contribution in [0.1, 0.15) is 19.7 Å². The van der Waals surface area contributed by atoms with Gasteiger partial charge in [0.15, 0.2) is 0 Å². The Morgan fingerprint density at radius 1 is 1.35 bits per heavy atom. The van der Waals surface area contributed by atoms with Crippen LogP contribution in [0.3, 0.4) is 0 Å². The van der Waals surface area contributed by atoms with E-state index in [0.29, 0.717) is 11.0 Å². The number of nitrogens with one attached hydrogen (secondary N) is 1. The SMILES string of the molecule is Cc1nc(Cl)cc(NCC(C)(C)CN(C)C)n1. The molecule has 17 heavy (non-hydrogen) atoms. The minimum atomic E-state index is 0.175. The Bertz CT molecular complexity index is 357. The molecule has 0 aliphatic rings. The van der Waals surface area contributed by atoms with Crippen molar-refractivity contribution in [3.8, 4) is 0 Å². The summed E-state index contributed by atoms with van der Waals surface area (Å²) in [6.07, 6.45) is 0. The number of hydrogen-bond acceptors (Lipinski definition) is 4. The predicted molar refractivity (Wildman–Crippen MR) is 72.6 cm³/mol. The fraction of sp³-hybridized carbons (Fsp3) is 0.667. The zero-order valence-electron chi connectivity index (χ0n) is 11.2. The molecule has 0 radical (unpaired) electrons. The molecule has 96 valence electrons. The molecule has 1 heterocycles. The summed E-state index contributed by atoms with van der Waals surface area (Å²) in [5.41, 5.74) is 0.175. The maximum absolute atomic E-state index is 5.89. The van der Waals surface area contributed by atoms with E-state index in [-0.39, 0.29) is 5.41 Å². The van der Waals surface area contributed by atoms with Gasteiger partial charge in [0, 0.05) is 19.2 Å². The quantitative estimate of drug-likeness (QED) is 0.822. The average molecular weight is 257 g/mol. The summed E-state index contributed by atoms with van der Waals surface area (Å²) < 4.78 is 0. The Balaban J connectivity index is 2.60. The Labute approximate surface area is 108 Å². The minimum absolute atomic E-state index is 0.175. The molecular formula is C12H21ClN4. The van der Waals surface area contributed by atoms with E-state index in [4.69, 9.17) is 11.6 Å². The molecule has 1 N–H and O–H groups in total. The summed E-state index contributed by atoms with van der Waals surface area (Å²) in [5.74, 6) is 1.47. The van der Waals surface area contributed by atoms with E-state index in [1.165, 1.54) is 0 Å². The molecule has 0 saturated carbocycles. The lowest BCUT2D eigenvalue weighted by Gasteiger charge is -2.28. The van der Waals surface area contributed by atoms with Crippen LogP contribution in [-0.2, 0) is 0 Å². The molecule has 0 unspecified atom stereocenters. The van der Waals surface area contributed by atoms with E-state index in [1.807, 2.05) is 6.92 Å². The third-order valence-corrected chi connectivity index (χ3v) is 2.49. The molecular weight excluding hydrogens is 236 g/mol. The van der Waals surface area contributed by atoms with Crippen molar-refractivity contribution >= 4 is 17.4 Å². The van der Waals surface area contributed by atoms with Gasteiger partial charge in [-0.05, 0) is 26.4 Å². The summed E-state index contributed by atoms with van der Waals surface area (Å²) in [6.45, 7) is 8.13. The first-order valence-electron chi connectivity index (χ1n) is 5.68. The lowest BCUT2D eigenvalue weighted by molar-refractivity contribution is 0.254.